The van der Waals surface area contributed by atoms with Crippen LogP contribution in [0.4, 0.5) is 8.78 Å². The largest absolute Gasteiger partial charge is 0.452 e. The number of fused-ring (bicyclic) bond motifs is 1. The third kappa shape index (κ3) is 2.23. The third-order valence-electron chi connectivity index (χ3n) is 3.55. The van der Waals surface area contributed by atoms with E-state index in [1.807, 2.05) is 0 Å². The lowest BCUT2D eigenvalue weighted by Crippen LogP contribution is -2.04. The van der Waals surface area contributed by atoms with Gasteiger partial charge < -0.3 is 4.42 Å². The number of carbonyl (C=O) groups excluding carboxylic acids is 1. The van der Waals surface area contributed by atoms with Crippen molar-refractivity contribution in [3.8, 4) is 0 Å². The van der Waals surface area contributed by atoms with Crippen molar-refractivity contribution in [3.63, 3.8) is 0 Å². The Labute approximate surface area is 120 Å². The number of ketones is 1. The van der Waals surface area contributed by atoms with Crippen LogP contribution in [-0.2, 0) is 0 Å². The molecular weight excluding hydrogens is 274 g/mol. The van der Waals surface area contributed by atoms with Gasteiger partial charge in [-0.3, -0.25) is 4.79 Å². The Morgan fingerprint density at radius 1 is 1.00 bits per heavy atom. The van der Waals surface area contributed by atoms with E-state index in [4.69, 9.17) is 4.42 Å². The number of aryl methyl sites for hydroxylation is 2. The maximum Gasteiger partial charge on any atom is 0.228 e. The van der Waals surface area contributed by atoms with E-state index in [9.17, 15) is 13.6 Å². The summed E-state index contributed by atoms with van der Waals surface area (Å²) in [4.78, 5) is 12.5. The van der Waals surface area contributed by atoms with Crippen LogP contribution in [0, 0.1) is 25.5 Å². The van der Waals surface area contributed by atoms with Crippen LogP contribution in [-0.4, -0.2) is 5.78 Å². The molecule has 1 heterocycles. The molecule has 21 heavy (non-hydrogen) atoms. The van der Waals surface area contributed by atoms with Gasteiger partial charge in [-0.25, -0.2) is 8.78 Å². The van der Waals surface area contributed by atoms with Gasteiger partial charge in [-0.2, -0.15) is 0 Å². The van der Waals surface area contributed by atoms with E-state index in [-0.39, 0.29) is 11.3 Å². The van der Waals surface area contributed by atoms with Crippen LogP contribution in [0.1, 0.15) is 27.2 Å². The van der Waals surface area contributed by atoms with Crippen LogP contribution in [0.3, 0.4) is 0 Å². The van der Waals surface area contributed by atoms with E-state index in [2.05, 4.69) is 0 Å². The van der Waals surface area contributed by atoms with Gasteiger partial charge in [0.15, 0.2) is 5.76 Å². The maximum atomic E-state index is 13.3. The van der Waals surface area contributed by atoms with Crippen molar-refractivity contribution in [3.05, 3.63) is 70.5 Å². The van der Waals surface area contributed by atoms with Crippen LogP contribution in [0.5, 0.6) is 0 Å². The number of hydrogen-bond acceptors (Lipinski definition) is 2. The number of halogens is 2. The minimum atomic E-state index is -0.483. The molecule has 0 aliphatic rings. The summed E-state index contributed by atoms with van der Waals surface area (Å²) < 4.78 is 32.2. The van der Waals surface area contributed by atoms with Crippen molar-refractivity contribution in [2.24, 2.45) is 0 Å². The highest BCUT2D eigenvalue weighted by Gasteiger charge is 2.21. The summed E-state index contributed by atoms with van der Waals surface area (Å²) >= 11 is 0. The maximum absolute atomic E-state index is 13.3. The Balaban J connectivity index is 2.18. The predicted octanol–water partition coefficient (Wildman–Crippen LogP) is 4.56. The van der Waals surface area contributed by atoms with Gasteiger partial charge in [0.25, 0.3) is 0 Å². The Morgan fingerprint density at radius 2 is 1.67 bits per heavy atom. The SMILES string of the molecule is Cc1ccc(F)cc1C(=O)c1oc2ccc(F)cc2c1C. The Kier molecular flexibility index (Phi) is 3.09. The standard InChI is InChI=1S/C17H12F2O2/c1-9-3-4-11(18)7-13(9)16(20)17-10(2)14-8-12(19)5-6-15(14)21-17/h3-8H,1-2H3. The quantitative estimate of drug-likeness (QED) is 0.646. The number of benzene rings is 2. The van der Waals surface area contributed by atoms with Crippen molar-refractivity contribution in [2.75, 3.05) is 0 Å². The third-order valence-corrected chi connectivity index (χ3v) is 3.55. The predicted molar refractivity (Wildman–Crippen MR) is 75.5 cm³/mol. The van der Waals surface area contributed by atoms with Crippen LogP contribution >= 0.6 is 0 Å². The molecule has 0 bridgehead atoms. The highest BCUT2D eigenvalue weighted by atomic mass is 19.1. The summed E-state index contributed by atoms with van der Waals surface area (Å²) in [5.74, 6) is -1.17. The van der Waals surface area contributed by atoms with Crippen LogP contribution in [0.25, 0.3) is 11.0 Å². The minimum Gasteiger partial charge on any atom is -0.452 e. The van der Waals surface area contributed by atoms with Crippen LogP contribution in [0.2, 0.25) is 0 Å². The molecule has 0 amide bonds. The first-order valence-electron chi connectivity index (χ1n) is 6.47. The second-order valence-corrected chi connectivity index (χ2v) is 4.99. The summed E-state index contributed by atoms with van der Waals surface area (Å²) in [6.07, 6.45) is 0. The zero-order valence-corrected chi connectivity index (χ0v) is 11.5. The lowest BCUT2D eigenvalue weighted by molar-refractivity contribution is 0.101. The van der Waals surface area contributed by atoms with Crippen LogP contribution in [0.15, 0.2) is 40.8 Å². The molecule has 3 rings (SSSR count). The molecule has 4 heteroatoms. The molecule has 0 fully saturated rings. The molecule has 0 aliphatic carbocycles. The smallest absolute Gasteiger partial charge is 0.228 e. The van der Waals surface area contributed by atoms with E-state index < -0.39 is 17.4 Å². The number of rotatable bonds is 2. The number of hydrogen-bond donors (Lipinski definition) is 0. The summed E-state index contributed by atoms with van der Waals surface area (Å²) in [7, 11) is 0. The second-order valence-electron chi connectivity index (χ2n) is 4.99. The summed E-state index contributed by atoms with van der Waals surface area (Å²) in [6, 6.07) is 8.10. The van der Waals surface area contributed by atoms with E-state index >= 15 is 0 Å². The van der Waals surface area contributed by atoms with Gasteiger partial charge in [0.2, 0.25) is 5.78 Å². The Morgan fingerprint density at radius 3 is 2.43 bits per heavy atom. The molecule has 0 atom stereocenters. The van der Waals surface area contributed by atoms with E-state index in [1.54, 1.807) is 19.9 Å². The van der Waals surface area contributed by atoms with Gasteiger partial charge in [0.05, 0.1) is 0 Å². The highest BCUT2D eigenvalue weighted by molar-refractivity contribution is 6.11. The van der Waals surface area contributed by atoms with Crippen molar-refractivity contribution in [1.29, 1.82) is 0 Å². The summed E-state index contributed by atoms with van der Waals surface area (Å²) in [5.41, 5.74) is 1.90. The molecule has 0 radical (unpaired) electrons. The molecule has 1 aromatic heterocycles. The van der Waals surface area contributed by atoms with Gasteiger partial charge in [-0.1, -0.05) is 6.07 Å². The first-order chi connectivity index (χ1) is 9.97. The molecule has 0 saturated carbocycles. The van der Waals surface area contributed by atoms with Crippen molar-refractivity contribution in [2.45, 2.75) is 13.8 Å². The summed E-state index contributed by atoms with van der Waals surface area (Å²) in [6.45, 7) is 3.41. The van der Waals surface area contributed by atoms with E-state index in [0.29, 0.717) is 22.1 Å². The van der Waals surface area contributed by atoms with Gasteiger partial charge in [-0.15, -0.1) is 0 Å². The molecule has 0 saturated heterocycles. The molecule has 0 unspecified atom stereocenters. The topological polar surface area (TPSA) is 30.2 Å². The van der Waals surface area contributed by atoms with E-state index in [0.717, 1.165) is 0 Å². The van der Waals surface area contributed by atoms with Gasteiger partial charge in [0, 0.05) is 16.5 Å². The van der Waals surface area contributed by atoms with Gasteiger partial charge in [-0.05, 0) is 49.7 Å². The minimum absolute atomic E-state index is 0.115. The fraction of sp³-hybridized carbons (Fsp3) is 0.118. The van der Waals surface area contributed by atoms with Crippen molar-refractivity contribution in [1.82, 2.24) is 0 Å². The van der Waals surface area contributed by atoms with Crippen LogP contribution < -0.4 is 0 Å². The molecule has 0 spiro atoms. The average Bonchev–Trinajstić information content (AvgIpc) is 2.78. The summed E-state index contributed by atoms with van der Waals surface area (Å²) in [5, 5.41) is 0.549. The van der Waals surface area contributed by atoms with Gasteiger partial charge >= 0.3 is 0 Å². The lowest BCUT2D eigenvalue weighted by Gasteiger charge is -2.03. The Hall–Kier alpha value is -2.49. The number of furan rings is 1. The zero-order chi connectivity index (χ0) is 15.1. The molecule has 3 aromatic rings. The molecule has 0 N–H and O–H groups in total. The molecule has 2 nitrogen and oxygen atoms in total. The first kappa shape index (κ1) is 13.5. The lowest BCUT2D eigenvalue weighted by atomic mass is 10.0. The normalized spacial score (nSPS) is 11.0. The molecule has 2 aromatic carbocycles. The fourth-order valence-electron chi connectivity index (χ4n) is 2.37. The fourth-order valence-corrected chi connectivity index (χ4v) is 2.37. The van der Waals surface area contributed by atoms with Gasteiger partial charge in [0.1, 0.15) is 17.2 Å². The number of carbonyl (C=O) groups is 1. The van der Waals surface area contributed by atoms with E-state index in [1.165, 1.54) is 30.3 Å². The second kappa shape index (κ2) is 4.81. The average molecular weight is 286 g/mol. The molecule has 0 aliphatic heterocycles. The molecule has 106 valence electrons. The Bertz CT molecular complexity index is 863. The zero-order valence-electron chi connectivity index (χ0n) is 11.5. The monoisotopic (exact) mass is 286 g/mol. The van der Waals surface area contributed by atoms with Crippen molar-refractivity contribution >= 4 is 16.8 Å². The molecular formula is C17H12F2O2. The van der Waals surface area contributed by atoms with Crippen molar-refractivity contribution < 1.29 is 18.0 Å². The first-order valence-corrected chi connectivity index (χ1v) is 6.47. The highest BCUT2D eigenvalue weighted by Crippen LogP contribution is 2.28.